The zero-order chi connectivity index (χ0) is 23.2. The first-order chi connectivity index (χ1) is 16.0. The van der Waals surface area contributed by atoms with E-state index in [-0.39, 0.29) is 5.92 Å². The third-order valence-corrected chi connectivity index (χ3v) is 6.20. The molecular formula is C28H30N2O3. The first-order valence-electron chi connectivity index (χ1n) is 11.4. The van der Waals surface area contributed by atoms with Gasteiger partial charge in [0.15, 0.2) is 0 Å². The van der Waals surface area contributed by atoms with Gasteiger partial charge in [-0.15, -0.1) is 0 Å². The smallest absolute Gasteiger partial charge is 0.309 e. The Morgan fingerprint density at radius 1 is 1.00 bits per heavy atom. The third kappa shape index (κ3) is 5.68. The summed E-state index contributed by atoms with van der Waals surface area (Å²) in [5.74, 6) is -0.924. The van der Waals surface area contributed by atoms with E-state index >= 15 is 0 Å². The van der Waals surface area contributed by atoms with Crippen LogP contribution >= 0.6 is 0 Å². The molecule has 5 nitrogen and oxygen atoms in total. The normalized spacial score (nSPS) is 14.7. The zero-order valence-electron chi connectivity index (χ0n) is 19.2. The van der Waals surface area contributed by atoms with Crippen LogP contribution in [0.1, 0.15) is 36.1 Å². The molecule has 0 amide bonds. The van der Waals surface area contributed by atoms with Crippen molar-refractivity contribution in [2.75, 3.05) is 13.1 Å². The number of likely N-dealkylation sites (tertiary alicyclic amines) is 1. The van der Waals surface area contributed by atoms with Crippen molar-refractivity contribution in [2.45, 2.75) is 33.4 Å². The van der Waals surface area contributed by atoms with Gasteiger partial charge in [0.1, 0.15) is 6.61 Å². The summed E-state index contributed by atoms with van der Waals surface area (Å²) in [6, 6.07) is 25.0. The summed E-state index contributed by atoms with van der Waals surface area (Å²) in [5, 5.41) is 13.4. The predicted octanol–water partition coefficient (Wildman–Crippen LogP) is 5.37. The second-order valence-corrected chi connectivity index (χ2v) is 8.58. The maximum absolute atomic E-state index is 11.0. The van der Waals surface area contributed by atoms with Crippen molar-refractivity contribution in [3.63, 3.8) is 0 Å². The van der Waals surface area contributed by atoms with Gasteiger partial charge in [-0.25, -0.2) is 0 Å². The summed E-state index contributed by atoms with van der Waals surface area (Å²) in [4.78, 5) is 18.8. The molecule has 0 saturated carbocycles. The van der Waals surface area contributed by atoms with Crippen LogP contribution in [0.15, 0.2) is 78.0 Å². The van der Waals surface area contributed by atoms with Gasteiger partial charge in [-0.2, -0.15) is 0 Å². The number of carbonyl (C=O) groups is 1. The molecule has 1 heterocycles. The highest BCUT2D eigenvalue weighted by atomic mass is 16.6. The fourth-order valence-corrected chi connectivity index (χ4v) is 4.11. The van der Waals surface area contributed by atoms with Crippen molar-refractivity contribution in [1.82, 2.24) is 4.90 Å². The van der Waals surface area contributed by atoms with Gasteiger partial charge in [0.25, 0.3) is 0 Å². The number of rotatable bonds is 9. The van der Waals surface area contributed by atoms with E-state index in [2.05, 4.69) is 71.6 Å². The summed E-state index contributed by atoms with van der Waals surface area (Å²) in [6.45, 7) is 6.56. The molecule has 1 aliphatic heterocycles. The molecular weight excluding hydrogens is 412 g/mol. The number of hydrogen-bond donors (Lipinski definition) is 1. The van der Waals surface area contributed by atoms with Crippen molar-refractivity contribution in [3.05, 3.63) is 95.1 Å². The van der Waals surface area contributed by atoms with E-state index in [4.69, 9.17) is 9.94 Å². The van der Waals surface area contributed by atoms with Crippen molar-refractivity contribution < 1.29 is 14.7 Å². The van der Waals surface area contributed by atoms with Crippen LogP contribution in [-0.4, -0.2) is 34.8 Å². The first-order valence-corrected chi connectivity index (χ1v) is 11.4. The molecule has 0 bridgehead atoms. The summed E-state index contributed by atoms with van der Waals surface area (Å²) >= 11 is 0. The molecule has 3 aromatic carbocycles. The van der Waals surface area contributed by atoms with Crippen LogP contribution in [0, 0.1) is 5.92 Å². The Hall–Kier alpha value is -3.44. The lowest BCUT2D eigenvalue weighted by Crippen LogP contribution is -2.49. The minimum atomic E-state index is -0.698. The van der Waals surface area contributed by atoms with Gasteiger partial charge >= 0.3 is 5.97 Å². The minimum Gasteiger partial charge on any atom is -0.481 e. The van der Waals surface area contributed by atoms with Crippen LogP contribution in [-0.2, 0) is 29.2 Å². The molecule has 4 rings (SSSR count). The number of carboxylic acid groups (broad SMARTS) is 1. The Balaban J connectivity index is 1.34. The highest BCUT2D eigenvalue weighted by Gasteiger charge is 2.32. The Labute approximate surface area is 195 Å². The molecule has 0 aromatic heterocycles. The molecule has 1 fully saturated rings. The van der Waals surface area contributed by atoms with Gasteiger partial charge in [-0.1, -0.05) is 78.8 Å². The summed E-state index contributed by atoms with van der Waals surface area (Å²) < 4.78 is 0. The van der Waals surface area contributed by atoms with Crippen molar-refractivity contribution in [3.8, 4) is 11.1 Å². The quantitative estimate of drug-likeness (QED) is 0.357. The second-order valence-electron chi connectivity index (χ2n) is 8.58. The van der Waals surface area contributed by atoms with E-state index in [9.17, 15) is 4.79 Å². The molecule has 0 spiro atoms. The van der Waals surface area contributed by atoms with Crippen molar-refractivity contribution in [1.29, 1.82) is 0 Å². The molecule has 1 aliphatic rings. The van der Waals surface area contributed by atoms with Crippen LogP contribution in [0.5, 0.6) is 0 Å². The molecule has 1 saturated heterocycles. The molecule has 170 valence electrons. The van der Waals surface area contributed by atoms with E-state index in [1.54, 1.807) is 0 Å². The van der Waals surface area contributed by atoms with E-state index in [0.717, 1.165) is 29.8 Å². The predicted molar refractivity (Wildman–Crippen MR) is 131 cm³/mol. The van der Waals surface area contributed by atoms with Crippen LogP contribution in [0.25, 0.3) is 11.1 Å². The largest absolute Gasteiger partial charge is 0.481 e. The lowest BCUT2D eigenvalue weighted by Gasteiger charge is -2.37. The standard InChI is InChI=1S/C28H30N2O3/c1-3-22-15-25(13-14-26(22)16-30-17-27(18-30)28(31)32)20(2)29-33-19-21-9-11-24(12-10-21)23-7-5-4-6-8-23/h4-15,27H,3,16-19H2,1-2H3,(H,31,32)/b29-20+. The number of carboxylic acids is 1. The van der Waals surface area contributed by atoms with E-state index in [1.807, 2.05) is 25.1 Å². The van der Waals surface area contributed by atoms with Gasteiger partial charge < -0.3 is 9.94 Å². The third-order valence-electron chi connectivity index (χ3n) is 6.20. The van der Waals surface area contributed by atoms with Gasteiger partial charge in [0.2, 0.25) is 0 Å². The lowest BCUT2D eigenvalue weighted by molar-refractivity contribution is -0.147. The maximum Gasteiger partial charge on any atom is 0.309 e. The van der Waals surface area contributed by atoms with Crippen LogP contribution in [0.2, 0.25) is 0 Å². The average molecular weight is 443 g/mol. The fraction of sp³-hybridized carbons (Fsp3) is 0.286. The molecule has 5 heteroatoms. The number of nitrogens with zero attached hydrogens (tertiary/aromatic N) is 2. The minimum absolute atomic E-state index is 0.226. The average Bonchev–Trinajstić information content (AvgIpc) is 2.81. The Morgan fingerprint density at radius 2 is 1.70 bits per heavy atom. The summed E-state index contributed by atoms with van der Waals surface area (Å²) in [7, 11) is 0. The Bertz CT molecular complexity index is 1120. The molecule has 1 N–H and O–H groups in total. The summed E-state index contributed by atoms with van der Waals surface area (Å²) in [6.07, 6.45) is 0.918. The van der Waals surface area contributed by atoms with Crippen molar-refractivity contribution >= 4 is 11.7 Å². The van der Waals surface area contributed by atoms with Gasteiger partial charge in [0.05, 0.1) is 11.6 Å². The molecule has 0 aliphatic carbocycles. The van der Waals surface area contributed by atoms with E-state index < -0.39 is 5.97 Å². The van der Waals surface area contributed by atoms with Gasteiger partial charge in [-0.3, -0.25) is 9.69 Å². The molecule has 0 radical (unpaired) electrons. The highest BCUT2D eigenvalue weighted by molar-refractivity contribution is 5.98. The highest BCUT2D eigenvalue weighted by Crippen LogP contribution is 2.23. The van der Waals surface area contributed by atoms with Crippen LogP contribution < -0.4 is 0 Å². The lowest BCUT2D eigenvalue weighted by atomic mass is 9.96. The summed E-state index contributed by atoms with van der Waals surface area (Å²) in [5.41, 5.74) is 7.85. The molecule has 0 unspecified atom stereocenters. The zero-order valence-corrected chi connectivity index (χ0v) is 19.2. The van der Waals surface area contributed by atoms with Crippen LogP contribution in [0.3, 0.4) is 0 Å². The monoisotopic (exact) mass is 442 g/mol. The Morgan fingerprint density at radius 3 is 2.36 bits per heavy atom. The van der Waals surface area contributed by atoms with E-state index in [0.29, 0.717) is 19.7 Å². The number of oxime groups is 1. The molecule has 33 heavy (non-hydrogen) atoms. The van der Waals surface area contributed by atoms with Crippen LogP contribution in [0.4, 0.5) is 0 Å². The van der Waals surface area contributed by atoms with Gasteiger partial charge in [-0.05, 0) is 52.8 Å². The first kappa shape index (κ1) is 22.7. The van der Waals surface area contributed by atoms with Crippen molar-refractivity contribution in [2.24, 2.45) is 11.1 Å². The number of hydrogen-bond acceptors (Lipinski definition) is 4. The topological polar surface area (TPSA) is 62.1 Å². The molecule has 0 atom stereocenters. The number of benzene rings is 3. The Kier molecular flexibility index (Phi) is 7.20. The fourth-order valence-electron chi connectivity index (χ4n) is 4.11. The number of aryl methyl sites for hydroxylation is 1. The molecule has 3 aromatic rings. The second kappa shape index (κ2) is 10.5. The SMILES string of the molecule is CCc1cc(/C(C)=N/OCc2ccc(-c3ccccc3)cc2)ccc1CN1CC(C(=O)O)C1. The van der Waals surface area contributed by atoms with Gasteiger partial charge in [0, 0.05) is 19.6 Å². The number of aliphatic carboxylic acids is 1. The maximum atomic E-state index is 11.0. The van der Waals surface area contributed by atoms with E-state index in [1.165, 1.54) is 22.3 Å².